The van der Waals surface area contributed by atoms with E-state index in [-0.39, 0.29) is 23.3 Å². The molecule has 1 fully saturated rings. The Morgan fingerprint density at radius 2 is 1.65 bits per heavy atom. The van der Waals surface area contributed by atoms with Gasteiger partial charge >= 0.3 is 0 Å². The average molecular weight is 444 g/mol. The molecule has 1 saturated heterocycles. The number of rotatable bonds is 7. The van der Waals surface area contributed by atoms with Crippen molar-refractivity contribution in [2.75, 3.05) is 43.0 Å². The molecule has 0 bridgehead atoms. The number of carbonyl (C=O) groups excluding carboxylic acids is 2. The topological polar surface area (TPSA) is 86.8 Å². The van der Waals surface area contributed by atoms with E-state index in [0.717, 1.165) is 5.56 Å². The van der Waals surface area contributed by atoms with Crippen molar-refractivity contribution >= 4 is 27.3 Å². The minimum Gasteiger partial charge on any atom is -0.339 e. The van der Waals surface area contributed by atoms with Crippen LogP contribution in [0.5, 0.6) is 0 Å². The highest BCUT2D eigenvalue weighted by Crippen LogP contribution is 2.25. The van der Waals surface area contributed by atoms with E-state index < -0.39 is 15.9 Å². The van der Waals surface area contributed by atoms with E-state index in [1.54, 1.807) is 29.2 Å². The van der Waals surface area contributed by atoms with Gasteiger partial charge < -0.3 is 10.2 Å². The Morgan fingerprint density at radius 1 is 1.00 bits per heavy atom. The van der Waals surface area contributed by atoms with Gasteiger partial charge in [-0.3, -0.25) is 14.5 Å². The summed E-state index contributed by atoms with van der Waals surface area (Å²) in [6.07, 6.45) is 0. The first-order chi connectivity index (χ1) is 14.8. The fraction of sp³-hybridized carbons (Fsp3) is 0.391. The van der Waals surface area contributed by atoms with E-state index in [0.29, 0.717) is 37.4 Å². The van der Waals surface area contributed by atoms with Crippen LogP contribution in [0.25, 0.3) is 0 Å². The standard InChI is InChI=1S/C23H29N3O4S/c1-3-25(4-2)23(28)19-11-8-12-20(17-19)24-22(27)21(18-9-6-5-7-10-18)26-13-15-31(29,30)16-14-26/h5-12,17,21H,3-4,13-16H2,1-2H3,(H,24,27). The van der Waals surface area contributed by atoms with Gasteiger partial charge in [0, 0.05) is 37.4 Å². The van der Waals surface area contributed by atoms with Crippen LogP contribution >= 0.6 is 0 Å². The first-order valence-corrected chi connectivity index (χ1v) is 12.4. The van der Waals surface area contributed by atoms with E-state index in [1.807, 2.05) is 49.1 Å². The number of carbonyl (C=O) groups is 2. The van der Waals surface area contributed by atoms with E-state index in [1.165, 1.54) is 0 Å². The molecule has 0 radical (unpaired) electrons. The summed E-state index contributed by atoms with van der Waals surface area (Å²) in [4.78, 5) is 29.6. The summed E-state index contributed by atoms with van der Waals surface area (Å²) in [6, 6.07) is 15.6. The molecule has 0 spiro atoms. The maximum atomic E-state index is 13.3. The van der Waals surface area contributed by atoms with Crippen molar-refractivity contribution in [3.05, 3.63) is 65.7 Å². The zero-order valence-electron chi connectivity index (χ0n) is 18.0. The summed E-state index contributed by atoms with van der Waals surface area (Å²) in [5.41, 5.74) is 1.85. The lowest BCUT2D eigenvalue weighted by atomic mass is 10.0. The van der Waals surface area contributed by atoms with Gasteiger partial charge in [-0.1, -0.05) is 36.4 Å². The number of hydrogen-bond acceptors (Lipinski definition) is 5. The predicted molar refractivity (Wildman–Crippen MR) is 122 cm³/mol. The average Bonchev–Trinajstić information content (AvgIpc) is 2.77. The van der Waals surface area contributed by atoms with Gasteiger partial charge in [-0.25, -0.2) is 8.42 Å². The molecular formula is C23H29N3O4S. The Labute approximate surface area is 184 Å². The number of hydrogen-bond donors (Lipinski definition) is 1. The molecule has 31 heavy (non-hydrogen) atoms. The molecule has 2 aromatic carbocycles. The van der Waals surface area contributed by atoms with Crippen LogP contribution in [0.15, 0.2) is 54.6 Å². The fourth-order valence-electron chi connectivity index (χ4n) is 3.78. The second-order valence-electron chi connectivity index (χ2n) is 7.55. The van der Waals surface area contributed by atoms with Crippen LogP contribution in [-0.4, -0.2) is 67.7 Å². The largest absolute Gasteiger partial charge is 0.339 e. The summed E-state index contributed by atoms with van der Waals surface area (Å²) in [6.45, 7) is 5.68. The molecule has 1 aliphatic rings. The molecule has 2 aromatic rings. The molecule has 0 saturated carbocycles. The van der Waals surface area contributed by atoms with Gasteiger partial charge in [0.15, 0.2) is 9.84 Å². The van der Waals surface area contributed by atoms with Crippen molar-refractivity contribution < 1.29 is 18.0 Å². The van der Waals surface area contributed by atoms with Gasteiger partial charge in [0.2, 0.25) is 5.91 Å². The number of amides is 2. The van der Waals surface area contributed by atoms with Crippen molar-refractivity contribution in [3.8, 4) is 0 Å². The third-order valence-corrected chi connectivity index (χ3v) is 7.14. The highest BCUT2D eigenvalue weighted by Gasteiger charge is 2.32. The van der Waals surface area contributed by atoms with Crippen molar-refractivity contribution in [1.82, 2.24) is 9.80 Å². The van der Waals surface area contributed by atoms with E-state index in [9.17, 15) is 18.0 Å². The summed E-state index contributed by atoms with van der Waals surface area (Å²) in [5.74, 6) is -0.255. The van der Waals surface area contributed by atoms with Crippen molar-refractivity contribution in [1.29, 1.82) is 0 Å². The van der Waals surface area contributed by atoms with E-state index in [4.69, 9.17) is 0 Å². The minimum atomic E-state index is -3.06. The Balaban J connectivity index is 1.83. The zero-order chi connectivity index (χ0) is 22.4. The smallest absolute Gasteiger partial charge is 0.253 e. The molecule has 7 nitrogen and oxygen atoms in total. The summed E-state index contributed by atoms with van der Waals surface area (Å²) in [7, 11) is -3.06. The second kappa shape index (κ2) is 10.1. The van der Waals surface area contributed by atoms with Crippen LogP contribution in [0.1, 0.15) is 35.8 Å². The first-order valence-electron chi connectivity index (χ1n) is 10.5. The van der Waals surface area contributed by atoms with Crippen molar-refractivity contribution in [2.45, 2.75) is 19.9 Å². The fourth-order valence-corrected chi connectivity index (χ4v) is 5.01. The Kier molecular flexibility index (Phi) is 7.46. The molecule has 0 aromatic heterocycles. The van der Waals surface area contributed by atoms with Crippen LogP contribution in [0.3, 0.4) is 0 Å². The molecule has 1 unspecified atom stereocenters. The third kappa shape index (κ3) is 5.71. The third-order valence-electron chi connectivity index (χ3n) is 5.54. The lowest BCUT2D eigenvalue weighted by molar-refractivity contribution is -0.121. The highest BCUT2D eigenvalue weighted by molar-refractivity contribution is 7.91. The maximum absolute atomic E-state index is 13.3. The van der Waals surface area contributed by atoms with Gasteiger partial charge in [-0.15, -0.1) is 0 Å². The molecule has 3 rings (SSSR count). The summed E-state index contributed by atoms with van der Waals surface area (Å²) in [5, 5.41) is 2.93. The monoisotopic (exact) mass is 443 g/mol. The number of anilines is 1. The molecular weight excluding hydrogens is 414 g/mol. The van der Waals surface area contributed by atoms with E-state index >= 15 is 0 Å². The zero-order valence-corrected chi connectivity index (χ0v) is 18.8. The van der Waals surface area contributed by atoms with Crippen molar-refractivity contribution in [3.63, 3.8) is 0 Å². The molecule has 2 amide bonds. The maximum Gasteiger partial charge on any atom is 0.253 e. The summed E-state index contributed by atoms with van der Waals surface area (Å²) < 4.78 is 23.7. The predicted octanol–water partition coefficient (Wildman–Crippen LogP) is 2.58. The number of nitrogens with one attached hydrogen (secondary N) is 1. The Bertz CT molecular complexity index is 1010. The molecule has 8 heteroatoms. The lowest BCUT2D eigenvalue weighted by Gasteiger charge is -2.33. The highest BCUT2D eigenvalue weighted by atomic mass is 32.2. The molecule has 1 heterocycles. The van der Waals surface area contributed by atoms with Gasteiger partial charge in [0.25, 0.3) is 5.91 Å². The van der Waals surface area contributed by atoms with Crippen LogP contribution in [0.2, 0.25) is 0 Å². The number of nitrogens with zero attached hydrogens (tertiary/aromatic N) is 2. The SMILES string of the molecule is CCN(CC)C(=O)c1cccc(NC(=O)C(c2ccccc2)N2CCS(=O)(=O)CC2)c1. The second-order valence-corrected chi connectivity index (χ2v) is 9.85. The van der Waals surface area contributed by atoms with Gasteiger partial charge in [-0.05, 0) is 37.6 Å². The van der Waals surface area contributed by atoms with Crippen molar-refractivity contribution in [2.24, 2.45) is 0 Å². The Morgan fingerprint density at radius 3 is 2.26 bits per heavy atom. The van der Waals surface area contributed by atoms with Gasteiger partial charge in [0.1, 0.15) is 6.04 Å². The summed E-state index contributed by atoms with van der Waals surface area (Å²) >= 11 is 0. The van der Waals surface area contributed by atoms with Crippen LogP contribution in [0.4, 0.5) is 5.69 Å². The minimum absolute atomic E-state index is 0.0392. The molecule has 1 aliphatic heterocycles. The molecule has 1 atom stereocenters. The number of sulfone groups is 1. The van der Waals surface area contributed by atoms with Crippen LogP contribution in [-0.2, 0) is 14.6 Å². The van der Waals surface area contributed by atoms with Gasteiger partial charge in [0.05, 0.1) is 11.5 Å². The Hall–Kier alpha value is -2.71. The molecule has 166 valence electrons. The quantitative estimate of drug-likeness (QED) is 0.711. The normalized spacial score (nSPS) is 17.0. The molecule has 0 aliphatic carbocycles. The van der Waals surface area contributed by atoms with Crippen LogP contribution in [0, 0.1) is 0 Å². The lowest BCUT2D eigenvalue weighted by Crippen LogP contribution is -2.46. The van der Waals surface area contributed by atoms with E-state index in [2.05, 4.69) is 5.32 Å². The first kappa shape index (κ1) is 23.0. The van der Waals surface area contributed by atoms with Gasteiger partial charge in [-0.2, -0.15) is 0 Å². The van der Waals surface area contributed by atoms with Crippen LogP contribution < -0.4 is 5.32 Å². The number of benzene rings is 2. The molecule has 1 N–H and O–H groups in total.